The highest BCUT2D eigenvalue weighted by molar-refractivity contribution is 9.10. The molecule has 0 spiro atoms. The molecule has 2 rings (SSSR count). The summed E-state index contributed by atoms with van der Waals surface area (Å²) >= 11 is 3.44. The third-order valence-electron chi connectivity index (χ3n) is 3.55. The maximum Gasteiger partial charge on any atom is 0.0624 e. The summed E-state index contributed by atoms with van der Waals surface area (Å²) in [5, 5.41) is 8.16. The van der Waals surface area contributed by atoms with E-state index in [0.717, 1.165) is 41.8 Å². The third-order valence-corrected chi connectivity index (χ3v) is 4.02. The molecule has 2 aromatic rings. The molecule has 0 fully saturated rings. The van der Waals surface area contributed by atoms with Gasteiger partial charge in [-0.1, -0.05) is 13.8 Å². The average molecular weight is 351 g/mol. The Hall–Kier alpha value is -1.20. The Balaban J connectivity index is 2.23. The van der Waals surface area contributed by atoms with E-state index in [1.165, 1.54) is 5.69 Å². The van der Waals surface area contributed by atoms with Crippen molar-refractivity contribution in [1.29, 1.82) is 0 Å². The first-order valence-corrected chi connectivity index (χ1v) is 8.37. The lowest BCUT2D eigenvalue weighted by Crippen LogP contribution is -2.25. The van der Waals surface area contributed by atoms with Crippen LogP contribution in [0, 0.1) is 0 Å². The average Bonchev–Trinajstić information content (AvgIpc) is 2.90. The van der Waals surface area contributed by atoms with Crippen molar-refractivity contribution < 1.29 is 0 Å². The number of nitrogens with zero attached hydrogens (tertiary/aromatic N) is 3. The number of nitrogens with one attached hydrogen (secondary N) is 1. The van der Waals surface area contributed by atoms with Crippen LogP contribution in [0.25, 0.3) is 0 Å². The summed E-state index contributed by atoms with van der Waals surface area (Å²) in [6, 6.07) is 6.55. The Morgan fingerprint density at radius 2 is 2.10 bits per heavy atom. The number of aryl methyl sites for hydroxylation is 2. The topological polar surface area (TPSA) is 42.7 Å². The first kappa shape index (κ1) is 16.2. The van der Waals surface area contributed by atoms with Crippen LogP contribution in [-0.2, 0) is 19.4 Å². The fourth-order valence-electron chi connectivity index (χ4n) is 2.46. The molecular formula is C16H23BrN4. The molecule has 0 aliphatic rings. The lowest BCUT2D eigenvalue weighted by molar-refractivity contribution is 0.506. The number of likely N-dealkylation sites (N-methyl/N-ethyl adjacent to an activating group) is 1. The van der Waals surface area contributed by atoms with Crippen LogP contribution in [-0.4, -0.2) is 21.3 Å². The first-order chi connectivity index (χ1) is 10.2. The molecule has 21 heavy (non-hydrogen) atoms. The van der Waals surface area contributed by atoms with E-state index in [1.54, 1.807) is 0 Å². The molecule has 0 aromatic carbocycles. The summed E-state index contributed by atoms with van der Waals surface area (Å²) < 4.78 is 3.11. The van der Waals surface area contributed by atoms with Crippen LogP contribution in [0.5, 0.6) is 0 Å². The highest BCUT2D eigenvalue weighted by Gasteiger charge is 2.16. The molecular weight excluding hydrogens is 328 g/mol. The zero-order chi connectivity index (χ0) is 15.2. The van der Waals surface area contributed by atoms with Crippen LogP contribution < -0.4 is 5.32 Å². The molecule has 114 valence electrons. The third kappa shape index (κ3) is 4.14. The molecule has 0 bridgehead atoms. The van der Waals surface area contributed by atoms with Gasteiger partial charge in [-0.15, -0.1) is 0 Å². The lowest BCUT2D eigenvalue weighted by Gasteiger charge is -2.18. The second-order valence-electron chi connectivity index (χ2n) is 5.01. The van der Waals surface area contributed by atoms with Gasteiger partial charge in [-0.25, -0.2) is 0 Å². The SMILES string of the molecule is CCNC(Cc1cc(CC)nn1CC)c1ccc(Br)cn1. The zero-order valence-electron chi connectivity index (χ0n) is 12.9. The number of pyridine rings is 1. The molecule has 0 aliphatic heterocycles. The van der Waals surface area contributed by atoms with Crippen molar-refractivity contribution in [3.05, 3.63) is 46.0 Å². The van der Waals surface area contributed by atoms with E-state index in [0.29, 0.717) is 0 Å². The quantitative estimate of drug-likeness (QED) is 0.830. The molecule has 0 saturated carbocycles. The number of aromatic nitrogens is 3. The summed E-state index contributed by atoms with van der Waals surface area (Å²) in [6.45, 7) is 8.23. The van der Waals surface area contributed by atoms with E-state index >= 15 is 0 Å². The summed E-state index contributed by atoms with van der Waals surface area (Å²) in [4.78, 5) is 4.54. The Morgan fingerprint density at radius 1 is 1.29 bits per heavy atom. The number of hydrogen-bond acceptors (Lipinski definition) is 3. The largest absolute Gasteiger partial charge is 0.309 e. The van der Waals surface area contributed by atoms with Gasteiger partial charge in [-0.2, -0.15) is 5.10 Å². The molecule has 1 N–H and O–H groups in total. The highest BCUT2D eigenvalue weighted by atomic mass is 79.9. The summed E-state index contributed by atoms with van der Waals surface area (Å²) in [5.74, 6) is 0. The van der Waals surface area contributed by atoms with Crippen molar-refractivity contribution in [2.45, 2.75) is 46.2 Å². The number of hydrogen-bond donors (Lipinski definition) is 1. The van der Waals surface area contributed by atoms with Gasteiger partial charge in [0.15, 0.2) is 0 Å². The molecule has 2 aromatic heterocycles. The molecule has 1 unspecified atom stereocenters. The first-order valence-electron chi connectivity index (χ1n) is 7.58. The maximum absolute atomic E-state index is 4.63. The van der Waals surface area contributed by atoms with Gasteiger partial charge in [-0.3, -0.25) is 9.67 Å². The van der Waals surface area contributed by atoms with Gasteiger partial charge in [0.1, 0.15) is 0 Å². The van der Waals surface area contributed by atoms with E-state index in [-0.39, 0.29) is 6.04 Å². The molecule has 0 aliphatic carbocycles. The molecule has 0 amide bonds. The van der Waals surface area contributed by atoms with Gasteiger partial charge in [0.05, 0.1) is 17.4 Å². The molecule has 0 radical (unpaired) electrons. The van der Waals surface area contributed by atoms with E-state index in [2.05, 4.69) is 68.9 Å². The maximum atomic E-state index is 4.63. The van der Waals surface area contributed by atoms with Crippen LogP contribution in [0.2, 0.25) is 0 Å². The van der Waals surface area contributed by atoms with Crippen LogP contribution >= 0.6 is 15.9 Å². The van der Waals surface area contributed by atoms with Crippen molar-refractivity contribution in [2.24, 2.45) is 0 Å². The second kappa shape index (κ2) is 7.71. The summed E-state index contributed by atoms with van der Waals surface area (Å²) in [7, 11) is 0. The predicted molar refractivity (Wildman–Crippen MR) is 89.3 cm³/mol. The van der Waals surface area contributed by atoms with E-state index in [1.807, 2.05) is 12.3 Å². The monoisotopic (exact) mass is 350 g/mol. The van der Waals surface area contributed by atoms with Crippen molar-refractivity contribution in [3.63, 3.8) is 0 Å². The lowest BCUT2D eigenvalue weighted by atomic mass is 10.1. The minimum absolute atomic E-state index is 0.217. The highest BCUT2D eigenvalue weighted by Crippen LogP contribution is 2.19. The fourth-order valence-corrected chi connectivity index (χ4v) is 2.69. The summed E-state index contributed by atoms with van der Waals surface area (Å²) in [6.07, 6.45) is 3.74. The van der Waals surface area contributed by atoms with Gasteiger partial charge in [-0.05, 0) is 54.0 Å². The van der Waals surface area contributed by atoms with Crippen LogP contribution in [0.15, 0.2) is 28.9 Å². The van der Waals surface area contributed by atoms with Gasteiger partial charge < -0.3 is 5.32 Å². The van der Waals surface area contributed by atoms with Gasteiger partial charge in [0, 0.05) is 29.3 Å². The standard InChI is InChI=1S/C16H23BrN4/c1-4-13-9-14(21(6-3)20-13)10-16(18-5-2)15-8-7-12(17)11-19-15/h7-9,11,16,18H,4-6,10H2,1-3H3. The van der Waals surface area contributed by atoms with Crippen LogP contribution in [0.4, 0.5) is 0 Å². The molecule has 1 atom stereocenters. The number of rotatable bonds is 7. The Labute approximate surface area is 135 Å². The van der Waals surface area contributed by atoms with Crippen molar-refractivity contribution >= 4 is 15.9 Å². The van der Waals surface area contributed by atoms with E-state index in [4.69, 9.17) is 0 Å². The normalized spacial score (nSPS) is 12.6. The van der Waals surface area contributed by atoms with Crippen LogP contribution in [0.1, 0.15) is 43.9 Å². The van der Waals surface area contributed by atoms with E-state index < -0.39 is 0 Å². The Kier molecular flexibility index (Phi) is 5.94. The van der Waals surface area contributed by atoms with E-state index in [9.17, 15) is 0 Å². The fraction of sp³-hybridized carbons (Fsp3) is 0.500. The van der Waals surface area contributed by atoms with Gasteiger partial charge in [0.25, 0.3) is 0 Å². The number of halogens is 1. The van der Waals surface area contributed by atoms with Crippen molar-refractivity contribution in [3.8, 4) is 0 Å². The van der Waals surface area contributed by atoms with Gasteiger partial charge >= 0.3 is 0 Å². The predicted octanol–water partition coefficient (Wildman–Crippen LogP) is 3.52. The molecule has 2 heterocycles. The van der Waals surface area contributed by atoms with Gasteiger partial charge in [0.2, 0.25) is 0 Å². The zero-order valence-corrected chi connectivity index (χ0v) is 14.5. The minimum Gasteiger partial charge on any atom is -0.309 e. The molecule has 5 heteroatoms. The molecule has 0 saturated heterocycles. The Morgan fingerprint density at radius 3 is 2.67 bits per heavy atom. The molecule has 4 nitrogen and oxygen atoms in total. The smallest absolute Gasteiger partial charge is 0.0624 e. The van der Waals surface area contributed by atoms with Crippen molar-refractivity contribution in [2.75, 3.05) is 6.54 Å². The summed E-state index contributed by atoms with van der Waals surface area (Å²) in [5.41, 5.74) is 3.50. The second-order valence-corrected chi connectivity index (χ2v) is 5.93. The Bertz CT molecular complexity index is 562. The minimum atomic E-state index is 0.217. The van der Waals surface area contributed by atoms with Crippen molar-refractivity contribution in [1.82, 2.24) is 20.1 Å². The van der Waals surface area contributed by atoms with Crippen LogP contribution in [0.3, 0.4) is 0 Å².